The number of hydrogen-bond acceptors (Lipinski definition) is 5. The number of benzene rings is 2. The SMILES string of the molecule is Cc1nn(-c2ccccc2)c2c1C(C)N(CC1CN(C(=O)c3ccc4c(c3)OCO4)C1)C2=O. The molecular weight excluding hydrogens is 420 g/mol. The molecule has 3 aliphatic heterocycles. The van der Waals surface area contributed by atoms with Gasteiger partial charge in [0.25, 0.3) is 11.8 Å². The van der Waals surface area contributed by atoms with E-state index >= 15 is 0 Å². The van der Waals surface area contributed by atoms with Crippen LogP contribution in [0.15, 0.2) is 48.5 Å². The van der Waals surface area contributed by atoms with Gasteiger partial charge < -0.3 is 19.3 Å². The van der Waals surface area contributed by atoms with Crippen molar-refractivity contribution in [2.24, 2.45) is 5.92 Å². The van der Waals surface area contributed by atoms with E-state index in [1.54, 1.807) is 22.9 Å². The fourth-order valence-corrected chi connectivity index (χ4v) is 5.05. The third-order valence-corrected chi connectivity index (χ3v) is 6.77. The van der Waals surface area contributed by atoms with Crippen LogP contribution < -0.4 is 9.47 Å². The Morgan fingerprint density at radius 1 is 1.09 bits per heavy atom. The van der Waals surface area contributed by atoms with Gasteiger partial charge >= 0.3 is 0 Å². The van der Waals surface area contributed by atoms with E-state index in [0.29, 0.717) is 42.4 Å². The van der Waals surface area contributed by atoms with E-state index in [1.165, 1.54) is 0 Å². The monoisotopic (exact) mass is 444 g/mol. The molecule has 2 aromatic carbocycles. The Labute approximate surface area is 191 Å². The van der Waals surface area contributed by atoms with E-state index in [4.69, 9.17) is 9.47 Å². The molecule has 4 heterocycles. The summed E-state index contributed by atoms with van der Waals surface area (Å²) in [6, 6.07) is 15.0. The molecular formula is C25H24N4O4. The Bertz CT molecular complexity index is 1260. The highest BCUT2D eigenvalue weighted by Crippen LogP contribution is 2.38. The first-order valence-electron chi connectivity index (χ1n) is 11.2. The second-order valence-electron chi connectivity index (χ2n) is 8.87. The second-order valence-corrected chi connectivity index (χ2v) is 8.87. The average Bonchev–Trinajstić information content (AvgIpc) is 3.47. The lowest BCUT2D eigenvalue weighted by molar-refractivity contribution is 0.0361. The second kappa shape index (κ2) is 7.37. The zero-order valence-electron chi connectivity index (χ0n) is 18.5. The van der Waals surface area contributed by atoms with E-state index in [9.17, 15) is 9.59 Å². The van der Waals surface area contributed by atoms with Crippen LogP contribution in [-0.2, 0) is 0 Å². The summed E-state index contributed by atoms with van der Waals surface area (Å²) < 4.78 is 12.5. The molecule has 1 unspecified atom stereocenters. The van der Waals surface area contributed by atoms with Crippen molar-refractivity contribution in [2.75, 3.05) is 26.4 Å². The van der Waals surface area contributed by atoms with Gasteiger partial charge in [0, 0.05) is 36.7 Å². The number of ether oxygens (including phenoxy) is 2. The van der Waals surface area contributed by atoms with Crippen LogP contribution in [0, 0.1) is 12.8 Å². The third-order valence-electron chi connectivity index (χ3n) is 6.77. The van der Waals surface area contributed by atoms with Gasteiger partial charge in [0.05, 0.1) is 17.4 Å². The number of aryl methyl sites for hydroxylation is 1. The van der Waals surface area contributed by atoms with Gasteiger partial charge in [-0.25, -0.2) is 4.68 Å². The standard InChI is InChI=1S/C25H24N4O4/c1-15-22-16(2)28(25(31)23(22)29(26-15)19-6-4-3-5-7-19)13-17-11-27(12-17)24(30)18-8-9-20-21(10-18)33-14-32-20/h3-10,16-17H,11-14H2,1-2H3. The lowest BCUT2D eigenvalue weighted by Gasteiger charge is -2.41. The van der Waals surface area contributed by atoms with E-state index in [2.05, 4.69) is 12.0 Å². The number of para-hydroxylation sites is 1. The van der Waals surface area contributed by atoms with Crippen LogP contribution >= 0.6 is 0 Å². The van der Waals surface area contributed by atoms with Gasteiger partial charge in [-0.3, -0.25) is 9.59 Å². The summed E-state index contributed by atoms with van der Waals surface area (Å²) in [5, 5.41) is 4.64. The Balaban J connectivity index is 1.15. The van der Waals surface area contributed by atoms with Crippen LogP contribution in [-0.4, -0.2) is 57.8 Å². The van der Waals surface area contributed by atoms with Crippen LogP contribution in [0.2, 0.25) is 0 Å². The minimum atomic E-state index is -0.0384. The summed E-state index contributed by atoms with van der Waals surface area (Å²) in [6.07, 6.45) is 0. The minimum Gasteiger partial charge on any atom is -0.454 e. The molecule has 1 atom stereocenters. The van der Waals surface area contributed by atoms with Gasteiger partial charge in [0.1, 0.15) is 5.69 Å². The minimum absolute atomic E-state index is 0.00232. The molecule has 33 heavy (non-hydrogen) atoms. The molecule has 0 saturated carbocycles. The maximum absolute atomic E-state index is 13.4. The lowest BCUT2D eigenvalue weighted by atomic mass is 9.97. The maximum atomic E-state index is 13.4. The Morgan fingerprint density at radius 3 is 2.64 bits per heavy atom. The largest absolute Gasteiger partial charge is 0.454 e. The molecule has 168 valence electrons. The average molecular weight is 444 g/mol. The number of fused-ring (bicyclic) bond motifs is 2. The summed E-state index contributed by atoms with van der Waals surface area (Å²) in [5.41, 5.74) is 4.00. The van der Waals surface area contributed by atoms with Crippen LogP contribution in [0.3, 0.4) is 0 Å². The first kappa shape index (κ1) is 19.8. The lowest BCUT2D eigenvalue weighted by Crippen LogP contribution is -2.54. The highest BCUT2D eigenvalue weighted by Gasteiger charge is 2.43. The number of likely N-dealkylation sites (tertiary alicyclic amines) is 1. The van der Waals surface area contributed by atoms with Crippen molar-refractivity contribution in [1.29, 1.82) is 0 Å². The molecule has 8 nitrogen and oxygen atoms in total. The molecule has 1 aromatic heterocycles. The van der Waals surface area contributed by atoms with E-state index in [1.807, 2.05) is 47.1 Å². The van der Waals surface area contributed by atoms with Crippen molar-refractivity contribution in [2.45, 2.75) is 19.9 Å². The van der Waals surface area contributed by atoms with Crippen molar-refractivity contribution >= 4 is 11.8 Å². The van der Waals surface area contributed by atoms with Crippen molar-refractivity contribution in [3.8, 4) is 17.2 Å². The van der Waals surface area contributed by atoms with Gasteiger partial charge in [-0.1, -0.05) is 18.2 Å². The smallest absolute Gasteiger partial charge is 0.273 e. The molecule has 8 heteroatoms. The van der Waals surface area contributed by atoms with E-state index in [0.717, 1.165) is 16.9 Å². The van der Waals surface area contributed by atoms with Crippen molar-refractivity contribution < 1.29 is 19.1 Å². The normalized spacial score (nSPS) is 19.1. The number of rotatable bonds is 4. The molecule has 0 spiro atoms. The first-order chi connectivity index (χ1) is 16.0. The molecule has 3 aliphatic rings. The molecule has 0 N–H and O–H groups in total. The van der Waals surface area contributed by atoms with E-state index < -0.39 is 0 Å². The van der Waals surface area contributed by atoms with Crippen molar-refractivity contribution in [3.63, 3.8) is 0 Å². The Kier molecular flexibility index (Phi) is 4.43. The Hall–Kier alpha value is -3.81. The van der Waals surface area contributed by atoms with E-state index in [-0.39, 0.29) is 30.6 Å². The van der Waals surface area contributed by atoms with Gasteiger partial charge in [0.2, 0.25) is 6.79 Å². The number of amides is 2. The van der Waals surface area contributed by atoms with Crippen molar-refractivity contribution in [3.05, 3.63) is 71.0 Å². The quantitative estimate of drug-likeness (QED) is 0.618. The highest BCUT2D eigenvalue weighted by atomic mass is 16.7. The van der Waals surface area contributed by atoms with Crippen LogP contribution in [0.25, 0.3) is 5.69 Å². The molecule has 1 fully saturated rings. The molecule has 0 aliphatic carbocycles. The van der Waals surface area contributed by atoms with Crippen LogP contribution in [0.4, 0.5) is 0 Å². The Morgan fingerprint density at radius 2 is 1.85 bits per heavy atom. The highest BCUT2D eigenvalue weighted by molar-refractivity contribution is 5.98. The maximum Gasteiger partial charge on any atom is 0.273 e. The molecule has 3 aromatic rings. The van der Waals surface area contributed by atoms with Gasteiger partial charge in [-0.2, -0.15) is 5.10 Å². The van der Waals surface area contributed by atoms with Gasteiger partial charge in [0.15, 0.2) is 11.5 Å². The number of carbonyl (C=O) groups excluding carboxylic acids is 2. The third kappa shape index (κ3) is 3.08. The van der Waals surface area contributed by atoms with Crippen LogP contribution in [0.5, 0.6) is 11.5 Å². The fraction of sp³-hybridized carbons (Fsp3) is 0.320. The van der Waals surface area contributed by atoms with Crippen LogP contribution in [0.1, 0.15) is 45.1 Å². The number of aromatic nitrogens is 2. The fourth-order valence-electron chi connectivity index (χ4n) is 5.05. The molecule has 0 radical (unpaired) electrons. The summed E-state index contributed by atoms with van der Waals surface area (Å²) in [6.45, 7) is 6.08. The summed E-state index contributed by atoms with van der Waals surface area (Å²) in [4.78, 5) is 30.0. The van der Waals surface area contributed by atoms with Crippen molar-refractivity contribution in [1.82, 2.24) is 19.6 Å². The topological polar surface area (TPSA) is 76.9 Å². The summed E-state index contributed by atoms with van der Waals surface area (Å²) >= 11 is 0. The number of nitrogens with zero attached hydrogens (tertiary/aromatic N) is 4. The summed E-state index contributed by atoms with van der Waals surface area (Å²) in [7, 11) is 0. The predicted octanol–water partition coefficient (Wildman–Crippen LogP) is 3.20. The number of carbonyl (C=O) groups is 2. The zero-order chi connectivity index (χ0) is 22.7. The molecule has 6 rings (SSSR count). The molecule has 2 amide bonds. The van der Waals surface area contributed by atoms with Gasteiger partial charge in [-0.05, 0) is 44.2 Å². The van der Waals surface area contributed by atoms with Gasteiger partial charge in [-0.15, -0.1) is 0 Å². The predicted molar refractivity (Wildman–Crippen MR) is 120 cm³/mol. The molecule has 1 saturated heterocycles. The zero-order valence-corrected chi connectivity index (χ0v) is 18.5. The first-order valence-corrected chi connectivity index (χ1v) is 11.2. The molecule has 0 bridgehead atoms. The number of hydrogen-bond donors (Lipinski definition) is 0. The summed E-state index contributed by atoms with van der Waals surface area (Å²) in [5.74, 6) is 1.50.